The zero-order valence-electron chi connectivity index (χ0n) is 11.5. The van der Waals surface area contributed by atoms with Crippen LogP contribution in [0.2, 0.25) is 0 Å². The first-order valence-electron chi connectivity index (χ1n) is 6.25. The van der Waals surface area contributed by atoms with Crippen LogP contribution in [0.4, 0.5) is 0 Å². The summed E-state index contributed by atoms with van der Waals surface area (Å²) in [5.41, 5.74) is 6.03. The maximum absolute atomic E-state index is 10.9. The molecule has 0 aliphatic rings. The quantitative estimate of drug-likeness (QED) is 0.629. The zero-order chi connectivity index (χ0) is 15.0. The largest absolute Gasteiger partial charge is 0.484 e. The third kappa shape index (κ3) is 7.75. The van der Waals surface area contributed by atoms with Crippen molar-refractivity contribution in [3.8, 4) is 5.75 Å². The molecule has 0 heterocycles. The van der Waals surface area contributed by atoms with E-state index >= 15 is 0 Å². The van der Waals surface area contributed by atoms with Gasteiger partial charge in [0.15, 0.2) is 6.61 Å². The van der Waals surface area contributed by atoms with Crippen molar-refractivity contribution in [1.29, 1.82) is 0 Å². The highest BCUT2D eigenvalue weighted by molar-refractivity contribution is 7.90. The Balaban J connectivity index is 2.26. The van der Waals surface area contributed by atoms with Crippen molar-refractivity contribution in [2.24, 2.45) is 5.73 Å². The first-order valence-corrected chi connectivity index (χ1v) is 8.31. The van der Waals surface area contributed by atoms with Crippen LogP contribution in [0, 0.1) is 0 Å². The highest BCUT2D eigenvalue weighted by Crippen LogP contribution is 2.11. The molecule has 0 fully saturated rings. The summed E-state index contributed by atoms with van der Waals surface area (Å²) in [6.07, 6.45) is 1.83. The molecule has 1 aromatic carbocycles. The van der Waals surface area contributed by atoms with Crippen molar-refractivity contribution in [3.63, 3.8) is 0 Å². The van der Waals surface area contributed by atoms with E-state index < -0.39 is 15.7 Å². The van der Waals surface area contributed by atoms with E-state index in [1.807, 2.05) is 12.1 Å². The Labute approximate surface area is 119 Å². The molecular formula is C13H20N2O4S. The molecule has 3 N–H and O–H groups in total. The Hall–Kier alpha value is -1.60. The molecule has 20 heavy (non-hydrogen) atoms. The second-order valence-electron chi connectivity index (χ2n) is 4.56. The lowest BCUT2D eigenvalue weighted by Crippen LogP contribution is -2.20. The average molecular weight is 300 g/mol. The first-order chi connectivity index (χ1) is 9.37. The third-order valence-corrected chi connectivity index (χ3v) is 3.53. The molecule has 0 aromatic heterocycles. The standard InChI is InChI=1S/C13H20N2O4S/c1-20(17,18)8-2-7-15-9-11-3-5-12(6-4-11)19-10-13(14)16/h3-6,15H,2,7-10H2,1H3,(H2,14,16). The minimum atomic E-state index is -2.88. The second-order valence-corrected chi connectivity index (χ2v) is 6.82. The minimum Gasteiger partial charge on any atom is -0.484 e. The molecule has 0 saturated carbocycles. The number of carbonyl (C=O) groups is 1. The monoisotopic (exact) mass is 300 g/mol. The Morgan fingerprint density at radius 1 is 1.30 bits per heavy atom. The summed E-state index contributed by atoms with van der Waals surface area (Å²) >= 11 is 0. The average Bonchev–Trinajstić information content (AvgIpc) is 2.36. The van der Waals surface area contributed by atoms with Crippen LogP contribution in [0.3, 0.4) is 0 Å². The van der Waals surface area contributed by atoms with E-state index in [2.05, 4.69) is 5.32 Å². The van der Waals surface area contributed by atoms with Crippen molar-refractivity contribution < 1.29 is 17.9 Å². The maximum Gasteiger partial charge on any atom is 0.255 e. The van der Waals surface area contributed by atoms with Gasteiger partial charge in [0.05, 0.1) is 5.75 Å². The van der Waals surface area contributed by atoms with E-state index in [0.29, 0.717) is 25.3 Å². The van der Waals surface area contributed by atoms with Crippen LogP contribution >= 0.6 is 0 Å². The van der Waals surface area contributed by atoms with E-state index in [0.717, 1.165) is 5.56 Å². The van der Waals surface area contributed by atoms with Gasteiger partial charge in [-0.2, -0.15) is 0 Å². The molecule has 0 unspecified atom stereocenters. The number of sulfone groups is 1. The lowest BCUT2D eigenvalue weighted by atomic mass is 10.2. The van der Waals surface area contributed by atoms with Crippen LogP contribution in [0.1, 0.15) is 12.0 Å². The number of amides is 1. The molecule has 0 radical (unpaired) electrons. The summed E-state index contributed by atoms with van der Waals surface area (Å²) in [6.45, 7) is 1.16. The smallest absolute Gasteiger partial charge is 0.255 e. The van der Waals surface area contributed by atoms with Crippen molar-refractivity contribution in [3.05, 3.63) is 29.8 Å². The minimum absolute atomic E-state index is 0.136. The SMILES string of the molecule is CS(=O)(=O)CCCNCc1ccc(OCC(N)=O)cc1. The normalized spacial score (nSPS) is 11.2. The Morgan fingerprint density at radius 2 is 1.95 bits per heavy atom. The Morgan fingerprint density at radius 3 is 2.50 bits per heavy atom. The fourth-order valence-electron chi connectivity index (χ4n) is 1.55. The molecule has 6 nitrogen and oxygen atoms in total. The zero-order valence-corrected chi connectivity index (χ0v) is 12.3. The van der Waals surface area contributed by atoms with Crippen LogP contribution in [0.25, 0.3) is 0 Å². The number of nitrogens with two attached hydrogens (primary N) is 1. The fourth-order valence-corrected chi connectivity index (χ4v) is 2.22. The van der Waals surface area contributed by atoms with Crippen LogP contribution < -0.4 is 15.8 Å². The van der Waals surface area contributed by atoms with E-state index in [9.17, 15) is 13.2 Å². The van der Waals surface area contributed by atoms with E-state index in [1.165, 1.54) is 6.26 Å². The van der Waals surface area contributed by atoms with Gasteiger partial charge in [-0.15, -0.1) is 0 Å². The highest BCUT2D eigenvalue weighted by atomic mass is 32.2. The van der Waals surface area contributed by atoms with Crippen LogP contribution in [0.5, 0.6) is 5.75 Å². The van der Waals surface area contributed by atoms with Gasteiger partial charge >= 0.3 is 0 Å². The Bertz CT molecular complexity index is 526. The molecule has 0 spiro atoms. The van der Waals surface area contributed by atoms with Gasteiger partial charge in [-0.3, -0.25) is 4.79 Å². The molecule has 1 rings (SSSR count). The third-order valence-electron chi connectivity index (χ3n) is 2.50. The number of nitrogens with one attached hydrogen (secondary N) is 1. The van der Waals surface area contributed by atoms with E-state index in [4.69, 9.17) is 10.5 Å². The second kappa shape index (κ2) is 7.86. The van der Waals surface area contributed by atoms with Crippen molar-refractivity contribution >= 4 is 15.7 Å². The summed E-state index contributed by atoms with van der Waals surface area (Å²) in [4.78, 5) is 10.6. The number of hydrogen-bond acceptors (Lipinski definition) is 5. The molecule has 0 saturated heterocycles. The lowest BCUT2D eigenvalue weighted by Gasteiger charge is -2.07. The van der Waals surface area contributed by atoms with Crippen molar-refractivity contribution in [2.75, 3.05) is 25.2 Å². The van der Waals surface area contributed by atoms with Gasteiger partial charge in [0.1, 0.15) is 15.6 Å². The van der Waals surface area contributed by atoms with Crippen LogP contribution in [-0.2, 0) is 21.2 Å². The van der Waals surface area contributed by atoms with Crippen LogP contribution in [0.15, 0.2) is 24.3 Å². The number of primary amides is 1. The molecule has 1 aromatic rings. The summed E-state index contributed by atoms with van der Waals surface area (Å²) < 4.78 is 27.0. The summed E-state index contributed by atoms with van der Waals surface area (Å²) in [5.74, 6) is 0.270. The van der Waals surface area contributed by atoms with Gasteiger partial charge in [0.2, 0.25) is 0 Å². The van der Waals surface area contributed by atoms with Crippen molar-refractivity contribution in [2.45, 2.75) is 13.0 Å². The lowest BCUT2D eigenvalue weighted by molar-refractivity contribution is -0.119. The van der Waals surface area contributed by atoms with Gasteiger partial charge < -0.3 is 15.8 Å². The molecule has 0 aliphatic carbocycles. The van der Waals surface area contributed by atoms with Gasteiger partial charge in [-0.25, -0.2) is 8.42 Å². The number of rotatable bonds is 9. The summed E-state index contributed by atoms with van der Waals surface area (Å²) in [7, 11) is -2.88. The topological polar surface area (TPSA) is 98.5 Å². The molecule has 0 atom stereocenters. The predicted molar refractivity (Wildman–Crippen MR) is 77.2 cm³/mol. The van der Waals surface area contributed by atoms with Gasteiger partial charge in [0, 0.05) is 12.8 Å². The predicted octanol–water partition coefficient (Wildman–Crippen LogP) is 0.0750. The van der Waals surface area contributed by atoms with Gasteiger partial charge in [-0.1, -0.05) is 12.1 Å². The van der Waals surface area contributed by atoms with E-state index in [1.54, 1.807) is 12.1 Å². The highest BCUT2D eigenvalue weighted by Gasteiger charge is 2.01. The van der Waals surface area contributed by atoms with Crippen molar-refractivity contribution in [1.82, 2.24) is 5.32 Å². The molecule has 7 heteroatoms. The molecule has 0 aliphatic heterocycles. The number of benzene rings is 1. The van der Waals surface area contributed by atoms with E-state index in [-0.39, 0.29) is 12.4 Å². The molecule has 1 amide bonds. The summed E-state index contributed by atoms with van der Waals surface area (Å²) in [5, 5.41) is 3.16. The summed E-state index contributed by atoms with van der Waals surface area (Å²) in [6, 6.07) is 7.27. The number of hydrogen-bond donors (Lipinski definition) is 2. The Kier molecular flexibility index (Phi) is 6.47. The maximum atomic E-state index is 10.9. The fraction of sp³-hybridized carbons (Fsp3) is 0.462. The number of ether oxygens (including phenoxy) is 1. The van der Waals surface area contributed by atoms with Crippen LogP contribution in [-0.4, -0.2) is 39.5 Å². The molecule has 0 bridgehead atoms. The van der Waals surface area contributed by atoms with Gasteiger partial charge in [-0.05, 0) is 30.7 Å². The first kappa shape index (κ1) is 16.5. The molecular weight excluding hydrogens is 280 g/mol. The molecule has 112 valence electrons. The van der Waals surface area contributed by atoms with Gasteiger partial charge in [0.25, 0.3) is 5.91 Å². The number of carbonyl (C=O) groups excluding carboxylic acids is 1.